The summed E-state index contributed by atoms with van der Waals surface area (Å²) in [6.45, 7) is 3.30. The molecule has 0 saturated carbocycles. The van der Waals surface area contributed by atoms with E-state index in [1.54, 1.807) is 12.1 Å². The Morgan fingerprint density at radius 3 is 2.73 bits per heavy atom. The van der Waals surface area contributed by atoms with E-state index in [1.165, 1.54) is 12.1 Å². The number of rotatable bonds is 4. The van der Waals surface area contributed by atoms with Crippen molar-refractivity contribution >= 4 is 16.9 Å². The Kier molecular flexibility index (Phi) is 4.45. The number of carbonyl (C=O) groups excluding carboxylic acids is 1. The van der Waals surface area contributed by atoms with Crippen LogP contribution in [0.4, 0.5) is 4.39 Å². The van der Waals surface area contributed by atoms with Crippen molar-refractivity contribution in [3.63, 3.8) is 0 Å². The first-order valence-electron chi connectivity index (χ1n) is 9.16. The zero-order valence-corrected chi connectivity index (χ0v) is 14.9. The molecule has 0 aliphatic carbocycles. The number of benzene rings is 2. The fourth-order valence-electron chi connectivity index (χ4n) is 3.82. The Bertz CT molecular complexity index is 932. The van der Waals surface area contributed by atoms with Gasteiger partial charge in [0, 0.05) is 19.5 Å². The van der Waals surface area contributed by atoms with Crippen molar-refractivity contribution in [1.82, 2.24) is 14.5 Å². The lowest BCUT2D eigenvalue weighted by Gasteiger charge is -2.25. The van der Waals surface area contributed by atoms with Crippen molar-refractivity contribution in [2.45, 2.75) is 38.8 Å². The van der Waals surface area contributed by atoms with E-state index in [0.717, 1.165) is 41.8 Å². The molecule has 4 rings (SSSR count). The van der Waals surface area contributed by atoms with E-state index < -0.39 is 0 Å². The predicted octanol–water partition coefficient (Wildman–Crippen LogP) is 4.30. The predicted molar refractivity (Wildman–Crippen MR) is 99.2 cm³/mol. The van der Waals surface area contributed by atoms with Gasteiger partial charge < -0.3 is 9.47 Å². The number of halogens is 1. The quantitative estimate of drug-likeness (QED) is 0.703. The topological polar surface area (TPSA) is 38.1 Å². The molecule has 1 unspecified atom stereocenters. The highest BCUT2D eigenvalue weighted by Crippen LogP contribution is 2.34. The van der Waals surface area contributed by atoms with Gasteiger partial charge >= 0.3 is 0 Å². The van der Waals surface area contributed by atoms with Crippen LogP contribution in [0.15, 0.2) is 48.5 Å². The molecular weight excluding hydrogens is 329 g/mol. The number of nitrogens with zero attached hydrogens (tertiary/aromatic N) is 3. The summed E-state index contributed by atoms with van der Waals surface area (Å²) in [6, 6.07) is 14.6. The second kappa shape index (κ2) is 6.90. The minimum Gasteiger partial charge on any atom is -0.333 e. The van der Waals surface area contributed by atoms with E-state index in [2.05, 4.69) is 10.6 Å². The second-order valence-electron chi connectivity index (χ2n) is 6.77. The summed E-state index contributed by atoms with van der Waals surface area (Å²) < 4.78 is 15.4. The van der Waals surface area contributed by atoms with E-state index >= 15 is 0 Å². The van der Waals surface area contributed by atoms with E-state index in [4.69, 9.17) is 4.98 Å². The zero-order valence-electron chi connectivity index (χ0n) is 14.9. The van der Waals surface area contributed by atoms with Crippen LogP contribution < -0.4 is 0 Å². The molecule has 134 valence electrons. The minimum atomic E-state index is -0.236. The highest BCUT2D eigenvalue weighted by Gasteiger charge is 2.32. The van der Waals surface area contributed by atoms with Crippen molar-refractivity contribution in [3.8, 4) is 0 Å². The molecule has 1 saturated heterocycles. The molecule has 2 aromatic carbocycles. The van der Waals surface area contributed by atoms with Crippen molar-refractivity contribution in [3.05, 3.63) is 65.7 Å². The number of carbonyl (C=O) groups is 1. The lowest BCUT2D eigenvalue weighted by Crippen LogP contribution is -2.31. The van der Waals surface area contributed by atoms with E-state index in [-0.39, 0.29) is 17.8 Å². The third-order valence-corrected chi connectivity index (χ3v) is 5.11. The Balaban J connectivity index is 1.79. The summed E-state index contributed by atoms with van der Waals surface area (Å²) in [7, 11) is 0. The molecule has 0 bridgehead atoms. The number of imidazole rings is 1. The van der Waals surface area contributed by atoms with Gasteiger partial charge in [0.2, 0.25) is 5.91 Å². The fourth-order valence-corrected chi connectivity index (χ4v) is 3.82. The minimum absolute atomic E-state index is 0.00954. The smallest absolute Gasteiger partial charge is 0.222 e. The van der Waals surface area contributed by atoms with Gasteiger partial charge in [-0.3, -0.25) is 4.79 Å². The maximum absolute atomic E-state index is 13.3. The molecule has 0 spiro atoms. The van der Waals surface area contributed by atoms with Gasteiger partial charge in [-0.25, -0.2) is 9.37 Å². The number of hydrogen-bond acceptors (Lipinski definition) is 2. The summed E-state index contributed by atoms with van der Waals surface area (Å²) in [5.41, 5.74) is 2.99. The Labute approximate surface area is 152 Å². The summed E-state index contributed by atoms with van der Waals surface area (Å²) in [6.07, 6.45) is 2.43. The molecule has 1 aromatic heterocycles. The first-order chi connectivity index (χ1) is 12.7. The standard InChI is InChI=1S/C21H22FN3O/c1-2-20(26)24-13-5-8-19(24)21-23-17-6-3-4-7-18(17)25(21)14-15-9-11-16(22)12-10-15/h3-4,6-7,9-12,19H,2,5,8,13-14H2,1H3. The van der Waals surface area contributed by atoms with E-state index in [1.807, 2.05) is 30.0 Å². The fraction of sp³-hybridized carbons (Fsp3) is 0.333. The lowest BCUT2D eigenvalue weighted by molar-refractivity contribution is -0.131. The molecule has 1 aliphatic rings. The zero-order chi connectivity index (χ0) is 18.1. The Hall–Kier alpha value is -2.69. The largest absolute Gasteiger partial charge is 0.333 e. The molecule has 4 nitrogen and oxygen atoms in total. The van der Waals surface area contributed by atoms with Crippen molar-refractivity contribution in [1.29, 1.82) is 0 Å². The van der Waals surface area contributed by atoms with Gasteiger partial charge in [0.25, 0.3) is 0 Å². The van der Waals surface area contributed by atoms with Gasteiger partial charge in [-0.15, -0.1) is 0 Å². The maximum Gasteiger partial charge on any atom is 0.222 e. The van der Waals surface area contributed by atoms with Crippen LogP contribution >= 0.6 is 0 Å². The van der Waals surface area contributed by atoms with Gasteiger partial charge in [0.15, 0.2) is 0 Å². The first-order valence-corrected chi connectivity index (χ1v) is 9.16. The number of fused-ring (bicyclic) bond motifs is 1. The maximum atomic E-state index is 13.3. The van der Waals surface area contributed by atoms with Gasteiger partial charge in [-0.1, -0.05) is 31.2 Å². The summed E-state index contributed by atoms with van der Waals surface area (Å²) in [5.74, 6) is 0.864. The van der Waals surface area contributed by atoms with E-state index in [9.17, 15) is 9.18 Å². The number of amides is 1. The molecule has 5 heteroatoms. The molecular formula is C21H22FN3O. The number of likely N-dealkylation sites (tertiary alicyclic amines) is 1. The molecule has 1 aliphatic heterocycles. The molecule has 1 amide bonds. The van der Waals surface area contributed by atoms with Gasteiger partial charge in [-0.05, 0) is 42.7 Å². The molecule has 0 N–H and O–H groups in total. The van der Waals surface area contributed by atoms with Crippen LogP contribution in [0.3, 0.4) is 0 Å². The van der Waals surface area contributed by atoms with Crippen molar-refractivity contribution in [2.24, 2.45) is 0 Å². The van der Waals surface area contributed by atoms with Crippen LogP contribution in [0.5, 0.6) is 0 Å². The third-order valence-electron chi connectivity index (χ3n) is 5.11. The van der Waals surface area contributed by atoms with Crippen LogP contribution in [0, 0.1) is 5.82 Å². The van der Waals surface area contributed by atoms with Crippen molar-refractivity contribution < 1.29 is 9.18 Å². The molecule has 2 heterocycles. The number of hydrogen-bond donors (Lipinski definition) is 0. The third kappa shape index (κ3) is 2.98. The van der Waals surface area contributed by atoms with Crippen LogP contribution in [0.25, 0.3) is 11.0 Å². The summed E-state index contributed by atoms with van der Waals surface area (Å²) in [5, 5.41) is 0. The van der Waals surface area contributed by atoms with E-state index in [0.29, 0.717) is 13.0 Å². The normalized spacial score (nSPS) is 17.2. The molecule has 3 aromatic rings. The number of para-hydroxylation sites is 2. The molecule has 1 atom stereocenters. The van der Waals surface area contributed by atoms with Crippen LogP contribution in [0.2, 0.25) is 0 Å². The second-order valence-corrected chi connectivity index (χ2v) is 6.77. The van der Waals surface area contributed by atoms with Crippen LogP contribution in [-0.4, -0.2) is 26.9 Å². The van der Waals surface area contributed by atoms with Crippen LogP contribution in [-0.2, 0) is 11.3 Å². The lowest BCUT2D eigenvalue weighted by atomic mass is 10.1. The molecule has 1 fully saturated rings. The Morgan fingerprint density at radius 2 is 1.96 bits per heavy atom. The summed E-state index contributed by atoms with van der Waals surface area (Å²) >= 11 is 0. The number of aromatic nitrogens is 2. The summed E-state index contributed by atoms with van der Waals surface area (Å²) in [4.78, 5) is 19.2. The highest BCUT2D eigenvalue weighted by molar-refractivity contribution is 5.78. The SMILES string of the molecule is CCC(=O)N1CCCC1c1nc2ccccc2n1Cc1ccc(F)cc1. The van der Waals surface area contributed by atoms with Gasteiger partial charge in [-0.2, -0.15) is 0 Å². The van der Waals surface area contributed by atoms with Crippen molar-refractivity contribution in [2.75, 3.05) is 6.54 Å². The van der Waals surface area contributed by atoms with Crippen LogP contribution in [0.1, 0.15) is 43.6 Å². The van der Waals surface area contributed by atoms with Gasteiger partial charge in [0.1, 0.15) is 11.6 Å². The highest BCUT2D eigenvalue weighted by atomic mass is 19.1. The molecule has 26 heavy (non-hydrogen) atoms. The Morgan fingerprint density at radius 1 is 1.19 bits per heavy atom. The average Bonchev–Trinajstić information content (AvgIpc) is 3.28. The molecule has 0 radical (unpaired) electrons. The van der Waals surface area contributed by atoms with Gasteiger partial charge in [0.05, 0.1) is 17.1 Å². The monoisotopic (exact) mass is 351 g/mol. The average molecular weight is 351 g/mol. The first kappa shape index (κ1) is 16.8.